The fourth-order valence-corrected chi connectivity index (χ4v) is 2.14. The molecule has 84 valence electrons. The lowest BCUT2D eigenvalue weighted by Crippen LogP contribution is -2.06. The first kappa shape index (κ1) is 11.1. The number of aromatic nitrogens is 1. The Hall–Kier alpha value is -1.36. The molecule has 0 aliphatic rings. The van der Waals surface area contributed by atoms with Crippen LogP contribution in [0.15, 0.2) is 22.7 Å². The van der Waals surface area contributed by atoms with E-state index in [-0.39, 0.29) is 5.69 Å². The average molecular weight is 286 g/mol. The highest BCUT2D eigenvalue weighted by Gasteiger charge is 2.16. The van der Waals surface area contributed by atoms with Crippen LogP contribution in [0, 0.1) is 5.82 Å². The van der Waals surface area contributed by atoms with Gasteiger partial charge in [-0.25, -0.2) is 9.18 Å². The molecule has 0 saturated heterocycles. The molecule has 0 saturated carbocycles. The number of nitrogens with zero attached hydrogens (tertiary/aromatic N) is 1. The molecule has 16 heavy (non-hydrogen) atoms. The lowest BCUT2D eigenvalue weighted by molar-refractivity contribution is 0.0686. The van der Waals surface area contributed by atoms with Gasteiger partial charge in [0.05, 0.1) is 9.99 Å². The van der Waals surface area contributed by atoms with Gasteiger partial charge in [-0.15, -0.1) is 0 Å². The van der Waals surface area contributed by atoms with E-state index in [0.717, 1.165) is 0 Å². The summed E-state index contributed by atoms with van der Waals surface area (Å²) >= 11 is 3.08. The van der Waals surface area contributed by atoms with Crippen LogP contribution in [-0.2, 0) is 6.54 Å². The first-order valence-corrected chi connectivity index (χ1v) is 5.56. The van der Waals surface area contributed by atoms with Crippen molar-refractivity contribution in [1.82, 2.24) is 4.57 Å². The topological polar surface area (TPSA) is 42.2 Å². The Bertz CT molecular complexity index is 577. The van der Waals surface area contributed by atoms with Gasteiger partial charge in [0.25, 0.3) is 0 Å². The van der Waals surface area contributed by atoms with E-state index in [0.29, 0.717) is 21.9 Å². The van der Waals surface area contributed by atoms with Crippen LogP contribution < -0.4 is 0 Å². The smallest absolute Gasteiger partial charge is 0.352 e. The second-order valence-electron chi connectivity index (χ2n) is 3.37. The Morgan fingerprint density at radius 2 is 2.25 bits per heavy atom. The summed E-state index contributed by atoms with van der Waals surface area (Å²) in [6.45, 7) is 2.32. The molecule has 0 bridgehead atoms. The molecule has 2 rings (SSSR count). The third-order valence-electron chi connectivity index (χ3n) is 2.51. The summed E-state index contributed by atoms with van der Waals surface area (Å²) < 4.78 is 15.7. The molecule has 1 aromatic carbocycles. The van der Waals surface area contributed by atoms with Crippen LogP contribution >= 0.6 is 15.9 Å². The zero-order valence-corrected chi connectivity index (χ0v) is 10.1. The minimum atomic E-state index is -1.05. The van der Waals surface area contributed by atoms with Gasteiger partial charge < -0.3 is 9.67 Å². The molecule has 0 fully saturated rings. The normalized spacial score (nSPS) is 10.9. The zero-order valence-electron chi connectivity index (χ0n) is 8.50. The van der Waals surface area contributed by atoms with Gasteiger partial charge in [0, 0.05) is 11.9 Å². The maximum atomic E-state index is 13.7. The van der Waals surface area contributed by atoms with Crippen molar-refractivity contribution in [2.45, 2.75) is 13.5 Å². The van der Waals surface area contributed by atoms with Crippen molar-refractivity contribution in [2.75, 3.05) is 0 Å². The quantitative estimate of drug-likeness (QED) is 0.920. The van der Waals surface area contributed by atoms with Gasteiger partial charge in [-0.3, -0.25) is 0 Å². The van der Waals surface area contributed by atoms with Crippen molar-refractivity contribution in [1.29, 1.82) is 0 Å². The van der Waals surface area contributed by atoms with E-state index in [1.165, 1.54) is 6.07 Å². The number of carboxylic acids is 1. The van der Waals surface area contributed by atoms with Crippen LogP contribution in [0.1, 0.15) is 17.4 Å². The summed E-state index contributed by atoms with van der Waals surface area (Å²) in [7, 11) is 0. The molecule has 0 radical (unpaired) electrons. The van der Waals surface area contributed by atoms with E-state index >= 15 is 0 Å². The molecule has 0 aliphatic carbocycles. The van der Waals surface area contributed by atoms with E-state index in [9.17, 15) is 9.18 Å². The zero-order chi connectivity index (χ0) is 11.9. The van der Waals surface area contributed by atoms with Crippen molar-refractivity contribution in [2.24, 2.45) is 0 Å². The molecule has 2 aromatic rings. The van der Waals surface area contributed by atoms with Crippen LogP contribution in [0.3, 0.4) is 0 Å². The van der Waals surface area contributed by atoms with Crippen LogP contribution in [0.25, 0.3) is 10.9 Å². The molecule has 1 aromatic heterocycles. The minimum absolute atomic E-state index is 0.106. The Kier molecular flexibility index (Phi) is 2.71. The Balaban J connectivity index is 2.87. The fourth-order valence-electron chi connectivity index (χ4n) is 1.79. The highest BCUT2D eigenvalue weighted by Crippen LogP contribution is 2.27. The number of carboxylic acid groups (broad SMARTS) is 1. The number of hydrogen-bond acceptors (Lipinski definition) is 1. The van der Waals surface area contributed by atoms with Crippen LogP contribution in [0.5, 0.6) is 0 Å². The van der Waals surface area contributed by atoms with E-state index in [1.807, 2.05) is 6.92 Å². The largest absolute Gasteiger partial charge is 0.477 e. The number of hydrogen-bond donors (Lipinski definition) is 1. The van der Waals surface area contributed by atoms with Crippen LogP contribution in [0.4, 0.5) is 4.39 Å². The SMILES string of the molecule is CCn1c(C(=O)O)cc2c(F)c(Br)ccc21. The number of fused-ring (bicyclic) bond motifs is 1. The number of rotatable bonds is 2. The molecule has 0 amide bonds. The van der Waals surface area contributed by atoms with Crippen molar-refractivity contribution in [3.63, 3.8) is 0 Å². The summed E-state index contributed by atoms with van der Waals surface area (Å²) in [5, 5.41) is 9.33. The first-order chi connectivity index (χ1) is 7.56. The Morgan fingerprint density at radius 1 is 1.56 bits per heavy atom. The standard InChI is InChI=1S/C11H9BrFNO2/c1-2-14-8-4-3-7(12)10(13)6(8)5-9(14)11(15)16/h3-5H,2H2,1H3,(H,15,16). The molecule has 0 spiro atoms. The Labute approximate surface area is 99.6 Å². The van der Waals surface area contributed by atoms with Crippen LogP contribution in [0.2, 0.25) is 0 Å². The highest BCUT2D eigenvalue weighted by atomic mass is 79.9. The number of benzene rings is 1. The fraction of sp³-hybridized carbons (Fsp3) is 0.182. The van der Waals surface area contributed by atoms with E-state index in [1.54, 1.807) is 16.7 Å². The van der Waals surface area contributed by atoms with Gasteiger partial charge >= 0.3 is 5.97 Å². The lowest BCUT2D eigenvalue weighted by atomic mass is 10.2. The molecule has 1 N–H and O–H groups in total. The second kappa shape index (κ2) is 3.90. The molecule has 0 unspecified atom stereocenters. The maximum Gasteiger partial charge on any atom is 0.352 e. The van der Waals surface area contributed by atoms with Gasteiger partial charge in [-0.1, -0.05) is 0 Å². The third-order valence-corrected chi connectivity index (χ3v) is 3.12. The minimum Gasteiger partial charge on any atom is -0.477 e. The van der Waals surface area contributed by atoms with E-state index < -0.39 is 11.8 Å². The van der Waals surface area contributed by atoms with Crippen molar-refractivity contribution >= 4 is 32.8 Å². The molecule has 0 aliphatic heterocycles. The monoisotopic (exact) mass is 285 g/mol. The highest BCUT2D eigenvalue weighted by molar-refractivity contribution is 9.10. The van der Waals surface area contributed by atoms with Gasteiger partial charge in [-0.05, 0) is 41.1 Å². The molecular formula is C11H9BrFNO2. The van der Waals surface area contributed by atoms with E-state index in [2.05, 4.69) is 15.9 Å². The average Bonchev–Trinajstić information content (AvgIpc) is 2.62. The van der Waals surface area contributed by atoms with Crippen molar-refractivity contribution < 1.29 is 14.3 Å². The molecule has 1 heterocycles. The number of aromatic carboxylic acids is 1. The molecule has 0 atom stereocenters. The number of carbonyl (C=O) groups is 1. The first-order valence-electron chi connectivity index (χ1n) is 4.76. The molecule has 3 nitrogen and oxygen atoms in total. The summed E-state index contributed by atoms with van der Waals surface area (Å²) in [5.74, 6) is -1.47. The maximum absolute atomic E-state index is 13.7. The number of halogens is 2. The lowest BCUT2D eigenvalue weighted by Gasteiger charge is -2.04. The van der Waals surface area contributed by atoms with Gasteiger partial charge in [0.15, 0.2) is 0 Å². The van der Waals surface area contributed by atoms with Gasteiger partial charge in [0.1, 0.15) is 11.5 Å². The predicted octanol–water partition coefficient (Wildman–Crippen LogP) is 3.26. The van der Waals surface area contributed by atoms with Crippen molar-refractivity contribution in [3.8, 4) is 0 Å². The van der Waals surface area contributed by atoms with E-state index in [4.69, 9.17) is 5.11 Å². The summed E-state index contributed by atoms with van der Waals surface area (Å²) in [6.07, 6.45) is 0. The predicted molar refractivity (Wildman–Crippen MR) is 62.2 cm³/mol. The Morgan fingerprint density at radius 3 is 2.81 bits per heavy atom. The van der Waals surface area contributed by atoms with Gasteiger partial charge in [-0.2, -0.15) is 0 Å². The van der Waals surface area contributed by atoms with Crippen LogP contribution in [-0.4, -0.2) is 15.6 Å². The summed E-state index contributed by atoms with van der Waals surface area (Å²) in [5.41, 5.74) is 0.704. The second-order valence-corrected chi connectivity index (χ2v) is 4.23. The molecule has 5 heteroatoms. The summed E-state index contributed by atoms with van der Waals surface area (Å²) in [4.78, 5) is 11.0. The van der Waals surface area contributed by atoms with Crippen molar-refractivity contribution in [3.05, 3.63) is 34.2 Å². The third kappa shape index (κ3) is 1.51. The number of aryl methyl sites for hydroxylation is 1. The van der Waals surface area contributed by atoms with Gasteiger partial charge in [0.2, 0.25) is 0 Å². The summed E-state index contributed by atoms with van der Waals surface area (Å²) in [6, 6.07) is 4.65. The molecular weight excluding hydrogens is 277 g/mol.